The Bertz CT molecular complexity index is 1240. The number of allylic oxidation sites excluding steroid dienone is 2. The number of methoxy groups -OCH3 is 1. The minimum absolute atomic E-state index is 0.00478. The Labute approximate surface area is 195 Å². The van der Waals surface area contributed by atoms with Crippen LogP contribution in [0.15, 0.2) is 60.7 Å². The fourth-order valence-electron chi connectivity index (χ4n) is 4.66. The van der Waals surface area contributed by atoms with Gasteiger partial charge in [-0.05, 0) is 67.1 Å². The molecule has 2 N–H and O–H groups in total. The smallest absolute Gasteiger partial charge is 0.257 e. The number of carbonyl (C=O) groups is 2. The Hall–Kier alpha value is -3.52. The van der Waals surface area contributed by atoms with Gasteiger partial charge in [-0.2, -0.15) is 0 Å². The molecule has 8 heteroatoms. The van der Waals surface area contributed by atoms with Crippen LogP contribution >= 0.6 is 11.3 Å². The molecule has 1 aromatic heterocycles. The third-order valence-electron chi connectivity index (χ3n) is 6.56. The lowest BCUT2D eigenvalue weighted by Gasteiger charge is -2.29. The second kappa shape index (κ2) is 8.44. The standard InChI is InChI=1S/C25H24N4O3S/c1-25(14-15-6-9-18(25)12-15)23(31)26-19-5-3-4-17(13-19)21(30)27-24-29-28-22(33-24)16-7-10-20(32-2)11-8-16/h3-11,13,15,18H,12,14H2,1-2H3,(H,26,31)(H,27,29,30)/t15-,18-,25-/m0/s1. The number of rotatable bonds is 6. The van der Waals surface area contributed by atoms with Gasteiger partial charge >= 0.3 is 0 Å². The average molecular weight is 461 g/mol. The maximum absolute atomic E-state index is 13.0. The van der Waals surface area contributed by atoms with Gasteiger partial charge < -0.3 is 10.1 Å². The number of carbonyl (C=O) groups excluding carboxylic acids is 2. The van der Waals surface area contributed by atoms with Crippen LogP contribution in [0.5, 0.6) is 5.75 Å². The summed E-state index contributed by atoms with van der Waals surface area (Å²) in [6, 6.07) is 14.4. The third-order valence-corrected chi connectivity index (χ3v) is 7.45. The summed E-state index contributed by atoms with van der Waals surface area (Å²) in [6.07, 6.45) is 6.30. The molecule has 1 fully saturated rings. The van der Waals surface area contributed by atoms with Crippen LogP contribution in [0.1, 0.15) is 30.1 Å². The summed E-state index contributed by atoms with van der Waals surface area (Å²) in [6.45, 7) is 2.03. The second-order valence-electron chi connectivity index (χ2n) is 8.74. The number of hydrogen-bond donors (Lipinski definition) is 2. The topological polar surface area (TPSA) is 93.2 Å². The van der Waals surface area contributed by atoms with E-state index in [0.717, 1.165) is 24.2 Å². The number of nitrogens with one attached hydrogen (secondary N) is 2. The lowest BCUT2D eigenvalue weighted by Crippen LogP contribution is -2.36. The molecule has 2 aromatic carbocycles. The van der Waals surface area contributed by atoms with Crippen LogP contribution in [0, 0.1) is 17.3 Å². The maximum atomic E-state index is 13.0. The Morgan fingerprint density at radius 1 is 1.09 bits per heavy atom. The zero-order valence-electron chi connectivity index (χ0n) is 18.4. The van der Waals surface area contributed by atoms with Crippen molar-refractivity contribution in [3.8, 4) is 16.3 Å². The average Bonchev–Trinajstić information content (AvgIpc) is 3.56. The Kier molecular flexibility index (Phi) is 5.46. The molecule has 2 amide bonds. The first-order valence-corrected chi connectivity index (χ1v) is 11.7. The quantitative estimate of drug-likeness (QED) is 0.505. The summed E-state index contributed by atoms with van der Waals surface area (Å²) in [5, 5.41) is 15.2. The highest BCUT2D eigenvalue weighted by Gasteiger charge is 2.49. The molecular weight excluding hydrogens is 436 g/mol. The predicted molar refractivity (Wildman–Crippen MR) is 128 cm³/mol. The van der Waals surface area contributed by atoms with E-state index in [-0.39, 0.29) is 17.7 Å². The van der Waals surface area contributed by atoms with Crippen molar-refractivity contribution in [1.82, 2.24) is 10.2 Å². The van der Waals surface area contributed by atoms with E-state index in [1.807, 2.05) is 31.2 Å². The lowest BCUT2D eigenvalue weighted by molar-refractivity contribution is -0.126. The van der Waals surface area contributed by atoms with Crippen molar-refractivity contribution in [3.05, 3.63) is 66.2 Å². The maximum Gasteiger partial charge on any atom is 0.257 e. The first-order chi connectivity index (χ1) is 15.9. The van der Waals surface area contributed by atoms with Crippen molar-refractivity contribution in [2.24, 2.45) is 17.3 Å². The van der Waals surface area contributed by atoms with Crippen molar-refractivity contribution in [3.63, 3.8) is 0 Å². The Morgan fingerprint density at radius 2 is 1.91 bits per heavy atom. The van der Waals surface area contributed by atoms with Gasteiger partial charge in [-0.1, -0.05) is 36.5 Å². The van der Waals surface area contributed by atoms with Crippen LogP contribution in [0.25, 0.3) is 10.6 Å². The summed E-state index contributed by atoms with van der Waals surface area (Å²) in [4.78, 5) is 25.8. The molecule has 33 heavy (non-hydrogen) atoms. The van der Waals surface area contributed by atoms with Crippen molar-refractivity contribution >= 4 is 34.0 Å². The third kappa shape index (κ3) is 4.14. The van der Waals surface area contributed by atoms with Gasteiger partial charge in [0.25, 0.3) is 5.91 Å². The van der Waals surface area contributed by atoms with Crippen molar-refractivity contribution in [2.75, 3.05) is 17.7 Å². The van der Waals surface area contributed by atoms with Gasteiger partial charge in [0.15, 0.2) is 0 Å². The fourth-order valence-corrected chi connectivity index (χ4v) is 5.40. The highest BCUT2D eigenvalue weighted by molar-refractivity contribution is 7.18. The molecular formula is C25H24N4O3S. The van der Waals surface area contributed by atoms with E-state index >= 15 is 0 Å². The molecule has 2 aliphatic rings. The number of anilines is 2. The first kappa shape index (κ1) is 21.3. The van der Waals surface area contributed by atoms with Gasteiger partial charge in [0.2, 0.25) is 11.0 Å². The zero-order chi connectivity index (χ0) is 23.0. The van der Waals surface area contributed by atoms with Crippen molar-refractivity contribution < 1.29 is 14.3 Å². The summed E-state index contributed by atoms with van der Waals surface area (Å²) in [5.41, 5.74) is 1.54. The Balaban J connectivity index is 1.25. The molecule has 1 heterocycles. The molecule has 0 unspecified atom stereocenters. The van der Waals surface area contributed by atoms with Crippen LogP contribution in [-0.2, 0) is 4.79 Å². The molecule has 2 aliphatic carbocycles. The molecule has 168 valence electrons. The number of benzene rings is 2. The number of fused-ring (bicyclic) bond motifs is 2. The van der Waals surface area contributed by atoms with E-state index in [9.17, 15) is 9.59 Å². The minimum atomic E-state index is -0.401. The highest BCUT2D eigenvalue weighted by Crippen LogP contribution is 2.52. The van der Waals surface area contributed by atoms with E-state index in [4.69, 9.17) is 4.74 Å². The van der Waals surface area contributed by atoms with Gasteiger partial charge in [0.05, 0.1) is 12.5 Å². The molecule has 0 aliphatic heterocycles. The monoisotopic (exact) mass is 460 g/mol. The Morgan fingerprint density at radius 3 is 2.61 bits per heavy atom. The fraction of sp³-hybridized carbons (Fsp3) is 0.280. The first-order valence-electron chi connectivity index (χ1n) is 10.8. The van der Waals surface area contributed by atoms with Gasteiger partial charge in [-0.3, -0.25) is 14.9 Å². The summed E-state index contributed by atoms with van der Waals surface area (Å²) in [7, 11) is 1.62. The van der Waals surface area contributed by atoms with E-state index in [0.29, 0.717) is 27.3 Å². The van der Waals surface area contributed by atoms with Crippen molar-refractivity contribution in [1.29, 1.82) is 0 Å². The minimum Gasteiger partial charge on any atom is -0.497 e. The predicted octanol–water partition coefficient (Wildman–Crippen LogP) is 5.01. The van der Waals surface area contributed by atoms with E-state index < -0.39 is 5.41 Å². The molecule has 0 spiro atoms. The molecule has 3 atom stereocenters. The van der Waals surface area contributed by atoms with Gasteiger partial charge in [-0.25, -0.2) is 0 Å². The van der Waals surface area contributed by atoms with Gasteiger partial charge in [0.1, 0.15) is 10.8 Å². The number of nitrogens with zero attached hydrogens (tertiary/aromatic N) is 2. The molecule has 1 saturated carbocycles. The van der Waals surface area contributed by atoms with Crippen LogP contribution in [-0.4, -0.2) is 29.1 Å². The van der Waals surface area contributed by atoms with Crippen LogP contribution in [0.3, 0.4) is 0 Å². The SMILES string of the molecule is COc1ccc(-c2nnc(NC(=O)c3cccc(NC(=O)[C@@]4(C)C[C@H]5C=C[C@H]4C5)c3)s2)cc1. The highest BCUT2D eigenvalue weighted by atomic mass is 32.1. The molecule has 2 bridgehead atoms. The lowest BCUT2D eigenvalue weighted by atomic mass is 9.77. The van der Waals surface area contributed by atoms with Crippen LogP contribution in [0.2, 0.25) is 0 Å². The van der Waals surface area contributed by atoms with Crippen LogP contribution < -0.4 is 15.4 Å². The number of aromatic nitrogens is 2. The van der Waals surface area contributed by atoms with E-state index in [1.165, 1.54) is 11.3 Å². The second-order valence-corrected chi connectivity index (χ2v) is 9.72. The number of amides is 2. The number of hydrogen-bond acceptors (Lipinski definition) is 6. The summed E-state index contributed by atoms with van der Waals surface area (Å²) < 4.78 is 5.17. The largest absolute Gasteiger partial charge is 0.497 e. The van der Waals surface area contributed by atoms with Gasteiger partial charge in [-0.15, -0.1) is 10.2 Å². The zero-order valence-corrected chi connectivity index (χ0v) is 19.2. The molecule has 3 aromatic rings. The normalized spacial score (nSPS) is 22.8. The molecule has 7 nitrogen and oxygen atoms in total. The molecule has 5 rings (SSSR count). The number of ether oxygens (including phenoxy) is 1. The molecule has 0 radical (unpaired) electrons. The van der Waals surface area contributed by atoms with Crippen molar-refractivity contribution in [2.45, 2.75) is 19.8 Å². The van der Waals surface area contributed by atoms with E-state index in [2.05, 4.69) is 33.0 Å². The summed E-state index contributed by atoms with van der Waals surface area (Å²) in [5.74, 6) is 1.24. The van der Waals surface area contributed by atoms with E-state index in [1.54, 1.807) is 31.4 Å². The summed E-state index contributed by atoms with van der Waals surface area (Å²) >= 11 is 1.29. The van der Waals surface area contributed by atoms with Gasteiger partial charge in [0, 0.05) is 16.8 Å². The molecule has 0 saturated heterocycles. The van der Waals surface area contributed by atoms with Crippen LogP contribution in [0.4, 0.5) is 10.8 Å².